The molecule has 0 aliphatic heterocycles. The number of hydrogen-bond donors (Lipinski definition) is 2. The molecule has 6 heteroatoms. The number of rotatable bonds is 4. The molecule has 21 heavy (non-hydrogen) atoms. The summed E-state index contributed by atoms with van der Waals surface area (Å²) in [4.78, 5) is 8.95. The van der Waals surface area contributed by atoms with Gasteiger partial charge in [-0.05, 0) is 25.1 Å². The normalized spacial score (nSPS) is 10.0. The van der Waals surface area contributed by atoms with Gasteiger partial charge < -0.3 is 10.6 Å². The molecule has 0 fully saturated rings. The minimum absolute atomic E-state index is 0.570. The number of benzene rings is 1. The molecule has 2 rings (SSSR count). The Bertz CT molecular complexity index is 706. The van der Waals surface area contributed by atoms with Crippen LogP contribution in [0.3, 0.4) is 0 Å². The van der Waals surface area contributed by atoms with Crippen LogP contribution >= 0.6 is 15.9 Å². The molecule has 0 aliphatic rings. The van der Waals surface area contributed by atoms with Crippen molar-refractivity contribution >= 4 is 33.3 Å². The van der Waals surface area contributed by atoms with Crippen molar-refractivity contribution in [2.75, 3.05) is 17.7 Å². The lowest BCUT2D eigenvalue weighted by molar-refractivity contribution is 0.935. The summed E-state index contributed by atoms with van der Waals surface area (Å²) in [7, 11) is 1.83. The van der Waals surface area contributed by atoms with Gasteiger partial charge in [-0.1, -0.05) is 22.9 Å². The molecule has 0 radical (unpaired) electrons. The van der Waals surface area contributed by atoms with Crippen LogP contribution in [-0.4, -0.2) is 17.0 Å². The van der Waals surface area contributed by atoms with Gasteiger partial charge in [-0.2, -0.15) is 5.26 Å². The molecule has 1 heterocycles. The highest BCUT2D eigenvalue weighted by atomic mass is 79.9. The second-order valence-electron chi connectivity index (χ2n) is 4.49. The fourth-order valence-corrected chi connectivity index (χ4v) is 2.29. The van der Waals surface area contributed by atoms with Gasteiger partial charge >= 0.3 is 0 Å². The van der Waals surface area contributed by atoms with Crippen molar-refractivity contribution in [3.63, 3.8) is 0 Å². The van der Waals surface area contributed by atoms with Gasteiger partial charge in [-0.25, -0.2) is 9.97 Å². The van der Waals surface area contributed by atoms with E-state index in [4.69, 9.17) is 0 Å². The van der Waals surface area contributed by atoms with E-state index in [1.165, 1.54) is 0 Å². The summed E-state index contributed by atoms with van der Waals surface area (Å²) in [6.45, 7) is 3.95. The first-order valence-corrected chi connectivity index (χ1v) is 7.40. The highest BCUT2D eigenvalue weighted by Gasteiger charge is 2.11. The molecule has 0 bridgehead atoms. The van der Waals surface area contributed by atoms with Crippen LogP contribution in [0.2, 0.25) is 0 Å². The van der Waals surface area contributed by atoms with Crippen molar-refractivity contribution < 1.29 is 0 Å². The average Bonchev–Trinajstić information content (AvgIpc) is 2.49. The largest absolute Gasteiger partial charge is 0.373 e. The standard InChI is InChI=1S/C15H16BrN5/c1-4-13-20-14(18-3)9(2)15(21-13)19-12-7-11(16)6-5-10(12)8-17/h5-7H,4H2,1-3H3,(H2,18,19,20,21). The topological polar surface area (TPSA) is 73.6 Å². The van der Waals surface area contributed by atoms with E-state index in [2.05, 4.69) is 42.6 Å². The van der Waals surface area contributed by atoms with Crippen LogP contribution in [0.25, 0.3) is 0 Å². The molecule has 5 nitrogen and oxygen atoms in total. The lowest BCUT2D eigenvalue weighted by atomic mass is 10.2. The molecule has 0 amide bonds. The average molecular weight is 346 g/mol. The zero-order valence-electron chi connectivity index (χ0n) is 12.2. The van der Waals surface area contributed by atoms with Crippen LogP contribution in [0.1, 0.15) is 23.9 Å². The second-order valence-corrected chi connectivity index (χ2v) is 5.41. The van der Waals surface area contributed by atoms with Crippen molar-refractivity contribution in [2.24, 2.45) is 0 Å². The highest BCUT2D eigenvalue weighted by Crippen LogP contribution is 2.27. The van der Waals surface area contributed by atoms with E-state index in [1.807, 2.05) is 33.0 Å². The van der Waals surface area contributed by atoms with E-state index < -0.39 is 0 Å². The Labute approximate surface area is 132 Å². The Morgan fingerprint density at radius 1 is 1.29 bits per heavy atom. The molecule has 0 atom stereocenters. The molecular weight excluding hydrogens is 330 g/mol. The fraction of sp³-hybridized carbons (Fsp3) is 0.267. The van der Waals surface area contributed by atoms with E-state index in [1.54, 1.807) is 6.07 Å². The molecule has 0 saturated carbocycles. The van der Waals surface area contributed by atoms with Crippen molar-refractivity contribution in [1.29, 1.82) is 5.26 Å². The van der Waals surface area contributed by atoms with Crippen LogP contribution in [-0.2, 0) is 6.42 Å². The van der Waals surface area contributed by atoms with Gasteiger partial charge in [0, 0.05) is 23.5 Å². The van der Waals surface area contributed by atoms with Gasteiger partial charge in [-0.15, -0.1) is 0 Å². The van der Waals surface area contributed by atoms with E-state index in [-0.39, 0.29) is 0 Å². The van der Waals surface area contributed by atoms with Crippen LogP contribution in [0.4, 0.5) is 17.3 Å². The fourth-order valence-electron chi connectivity index (χ4n) is 1.93. The van der Waals surface area contributed by atoms with Crippen LogP contribution in [0.15, 0.2) is 22.7 Å². The Kier molecular flexibility index (Phi) is 4.76. The lowest BCUT2D eigenvalue weighted by Crippen LogP contribution is -2.07. The Balaban J connectivity index is 2.49. The number of hydrogen-bond acceptors (Lipinski definition) is 5. The maximum Gasteiger partial charge on any atom is 0.139 e. The number of nitrogens with zero attached hydrogens (tertiary/aromatic N) is 3. The molecular formula is C15H16BrN5. The summed E-state index contributed by atoms with van der Waals surface area (Å²) >= 11 is 3.42. The highest BCUT2D eigenvalue weighted by molar-refractivity contribution is 9.10. The monoisotopic (exact) mass is 345 g/mol. The number of halogens is 1. The third-order valence-corrected chi connectivity index (χ3v) is 3.59. The summed E-state index contributed by atoms with van der Waals surface area (Å²) in [5.41, 5.74) is 2.21. The summed E-state index contributed by atoms with van der Waals surface area (Å²) < 4.78 is 0.903. The number of nitrogens with one attached hydrogen (secondary N) is 2. The van der Waals surface area contributed by atoms with Crippen LogP contribution in [0.5, 0.6) is 0 Å². The molecule has 1 aromatic carbocycles. The van der Waals surface area contributed by atoms with Crippen LogP contribution in [0, 0.1) is 18.3 Å². The van der Waals surface area contributed by atoms with Crippen molar-refractivity contribution in [1.82, 2.24) is 9.97 Å². The first kappa shape index (κ1) is 15.3. The Morgan fingerprint density at radius 3 is 2.62 bits per heavy atom. The van der Waals surface area contributed by atoms with Gasteiger partial charge in [-0.3, -0.25) is 0 Å². The zero-order chi connectivity index (χ0) is 15.4. The maximum atomic E-state index is 9.21. The molecule has 2 N–H and O–H groups in total. The van der Waals surface area contributed by atoms with Crippen molar-refractivity contribution in [2.45, 2.75) is 20.3 Å². The van der Waals surface area contributed by atoms with Crippen molar-refractivity contribution in [3.05, 3.63) is 39.6 Å². The second kappa shape index (κ2) is 6.55. The molecule has 0 saturated heterocycles. The molecule has 0 unspecified atom stereocenters. The molecule has 0 aliphatic carbocycles. The predicted octanol–water partition coefficient (Wildman–Crippen LogP) is 3.77. The number of nitriles is 1. The molecule has 0 spiro atoms. The van der Waals surface area contributed by atoms with E-state index in [9.17, 15) is 5.26 Å². The third-order valence-electron chi connectivity index (χ3n) is 3.10. The summed E-state index contributed by atoms with van der Waals surface area (Å²) in [5.74, 6) is 2.25. The number of aromatic nitrogens is 2. The molecule has 2 aromatic rings. The van der Waals surface area contributed by atoms with Gasteiger partial charge in [0.15, 0.2) is 0 Å². The quantitative estimate of drug-likeness (QED) is 0.882. The Hall–Kier alpha value is -2.13. The summed E-state index contributed by atoms with van der Waals surface area (Å²) in [6, 6.07) is 7.65. The van der Waals surface area contributed by atoms with Gasteiger partial charge in [0.2, 0.25) is 0 Å². The van der Waals surface area contributed by atoms with Gasteiger partial charge in [0.25, 0.3) is 0 Å². The maximum absolute atomic E-state index is 9.21. The first-order valence-electron chi connectivity index (χ1n) is 6.61. The van der Waals surface area contributed by atoms with E-state index in [0.717, 1.165) is 33.8 Å². The zero-order valence-corrected chi connectivity index (χ0v) is 13.7. The minimum atomic E-state index is 0.570. The summed E-state index contributed by atoms with van der Waals surface area (Å²) in [6.07, 6.45) is 0.743. The predicted molar refractivity (Wildman–Crippen MR) is 87.8 cm³/mol. The number of anilines is 3. The SMILES string of the molecule is CCc1nc(NC)c(C)c(Nc2cc(Br)ccc2C#N)n1. The lowest BCUT2D eigenvalue weighted by Gasteiger charge is -2.14. The van der Waals surface area contributed by atoms with Gasteiger partial charge in [0.1, 0.15) is 23.5 Å². The smallest absolute Gasteiger partial charge is 0.139 e. The minimum Gasteiger partial charge on any atom is -0.373 e. The van der Waals surface area contributed by atoms with Crippen molar-refractivity contribution in [3.8, 4) is 6.07 Å². The first-order chi connectivity index (χ1) is 10.1. The van der Waals surface area contributed by atoms with Gasteiger partial charge in [0.05, 0.1) is 11.3 Å². The molecule has 1 aromatic heterocycles. The van der Waals surface area contributed by atoms with E-state index in [0.29, 0.717) is 11.4 Å². The Morgan fingerprint density at radius 2 is 2.00 bits per heavy atom. The summed E-state index contributed by atoms with van der Waals surface area (Å²) in [5, 5.41) is 15.5. The number of aryl methyl sites for hydroxylation is 1. The van der Waals surface area contributed by atoms with E-state index >= 15 is 0 Å². The third kappa shape index (κ3) is 3.31. The molecule has 108 valence electrons. The van der Waals surface area contributed by atoms with Crippen LogP contribution < -0.4 is 10.6 Å².